The van der Waals surface area contributed by atoms with Gasteiger partial charge in [-0.3, -0.25) is 4.31 Å². The van der Waals surface area contributed by atoms with Crippen LogP contribution in [0, 0.1) is 11.3 Å². The number of hydrogen-bond donors (Lipinski definition) is 1. The summed E-state index contributed by atoms with van der Waals surface area (Å²) in [6.07, 6.45) is 0.647. The Hall–Kier alpha value is -3.38. The number of hydrogen-bond acceptors (Lipinski definition) is 5. The van der Waals surface area contributed by atoms with E-state index in [0.717, 1.165) is 9.87 Å². The highest BCUT2D eigenvalue weighted by Gasteiger charge is 2.34. The molecule has 0 saturated carbocycles. The maximum Gasteiger partial charge on any atom is 0.327 e. The molecule has 9 heteroatoms. The summed E-state index contributed by atoms with van der Waals surface area (Å²) in [6.45, 7) is 1.94. The van der Waals surface area contributed by atoms with Gasteiger partial charge in [0.2, 0.25) is 0 Å². The van der Waals surface area contributed by atoms with Gasteiger partial charge in [-0.25, -0.2) is 13.2 Å². The van der Waals surface area contributed by atoms with Gasteiger partial charge in [-0.15, -0.1) is 0 Å². The van der Waals surface area contributed by atoms with E-state index in [4.69, 9.17) is 21.6 Å². The monoisotopic (exact) mass is 498 g/mol. The molecule has 0 aromatic heterocycles. The van der Waals surface area contributed by atoms with Gasteiger partial charge in [-0.2, -0.15) is 5.26 Å². The number of benzene rings is 3. The van der Waals surface area contributed by atoms with Gasteiger partial charge in [0.05, 0.1) is 35.6 Å². The van der Waals surface area contributed by atoms with Gasteiger partial charge in [0.15, 0.2) is 0 Å². The largest absolute Gasteiger partial charge is 0.480 e. The van der Waals surface area contributed by atoms with E-state index in [-0.39, 0.29) is 22.2 Å². The second-order valence-corrected chi connectivity index (χ2v) is 9.72. The first-order valence-electron chi connectivity index (χ1n) is 10.4. The Kier molecular flexibility index (Phi) is 8.29. The summed E-state index contributed by atoms with van der Waals surface area (Å²) in [5.41, 5.74) is 2.51. The summed E-state index contributed by atoms with van der Waals surface area (Å²) in [4.78, 5) is 11.6. The predicted molar refractivity (Wildman–Crippen MR) is 129 cm³/mol. The molecule has 1 atom stereocenters. The van der Waals surface area contributed by atoms with E-state index in [1.807, 2.05) is 12.1 Å². The van der Waals surface area contributed by atoms with Gasteiger partial charge in [0, 0.05) is 0 Å². The zero-order chi connectivity index (χ0) is 24.7. The molecule has 0 aliphatic carbocycles. The molecule has 0 aliphatic rings. The van der Waals surface area contributed by atoms with Crippen LogP contribution in [0.15, 0.2) is 77.7 Å². The van der Waals surface area contributed by atoms with Crippen LogP contribution in [-0.2, 0) is 32.6 Å². The number of carboxylic acid groups (broad SMARTS) is 1. The molecule has 34 heavy (non-hydrogen) atoms. The Morgan fingerprint density at radius 1 is 1.09 bits per heavy atom. The molecule has 1 N–H and O–H groups in total. The van der Waals surface area contributed by atoms with E-state index < -0.39 is 22.0 Å². The van der Waals surface area contributed by atoms with E-state index in [1.165, 1.54) is 31.2 Å². The standard InChI is InChI=1S/C25H23ClN2O5S/c1-18(25(29)30)28(34(31,32)24-8-3-2-7-23(24)26)22-6-4-5-21(15-22)17-33-14-13-19-9-11-20(16-27)12-10-19/h2-12,15,18H,13-14,17H2,1H3,(H,29,30). The Morgan fingerprint density at radius 2 is 1.79 bits per heavy atom. The van der Waals surface area contributed by atoms with E-state index in [9.17, 15) is 18.3 Å². The van der Waals surface area contributed by atoms with Gasteiger partial charge in [0.25, 0.3) is 10.0 Å². The van der Waals surface area contributed by atoms with E-state index in [2.05, 4.69) is 6.07 Å². The number of nitriles is 1. The first kappa shape index (κ1) is 25.2. The van der Waals surface area contributed by atoms with Crippen molar-refractivity contribution in [3.8, 4) is 6.07 Å². The van der Waals surface area contributed by atoms with Crippen molar-refractivity contribution in [3.63, 3.8) is 0 Å². The topological polar surface area (TPSA) is 108 Å². The van der Waals surface area contributed by atoms with Crippen molar-refractivity contribution in [3.05, 3.63) is 94.5 Å². The minimum Gasteiger partial charge on any atom is -0.480 e. The molecule has 0 aliphatic heterocycles. The molecule has 0 amide bonds. The second-order valence-electron chi connectivity index (χ2n) is 7.53. The quantitative estimate of drug-likeness (QED) is 0.408. The van der Waals surface area contributed by atoms with Crippen molar-refractivity contribution in [2.24, 2.45) is 0 Å². The molecule has 0 saturated heterocycles. The number of aliphatic carboxylic acids is 1. The fraction of sp³-hybridized carbons (Fsp3) is 0.200. The summed E-state index contributed by atoms with van der Waals surface area (Å²) in [7, 11) is -4.26. The summed E-state index contributed by atoms with van der Waals surface area (Å²) in [5.74, 6) is -1.29. The fourth-order valence-electron chi connectivity index (χ4n) is 3.34. The number of rotatable bonds is 10. The van der Waals surface area contributed by atoms with Crippen LogP contribution in [0.2, 0.25) is 5.02 Å². The van der Waals surface area contributed by atoms with Crippen LogP contribution in [0.4, 0.5) is 5.69 Å². The Balaban J connectivity index is 1.78. The Bertz CT molecular complexity index is 1300. The van der Waals surface area contributed by atoms with Crippen molar-refractivity contribution in [1.29, 1.82) is 5.26 Å². The minimum atomic E-state index is -4.26. The van der Waals surface area contributed by atoms with Crippen molar-refractivity contribution < 1.29 is 23.1 Å². The lowest BCUT2D eigenvalue weighted by atomic mass is 10.1. The van der Waals surface area contributed by atoms with Gasteiger partial charge in [-0.1, -0.05) is 48.0 Å². The Labute approximate surface area is 203 Å². The number of carboxylic acids is 1. The first-order valence-corrected chi connectivity index (χ1v) is 12.2. The number of sulfonamides is 1. The lowest BCUT2D eigenvalue weighted by Crippen LogP contribution is -2.43. The van der Waals surface area contributed by atoms with Crippen LogP contribution in [0.25, 0.3) is 0 Å². The summed E-state index contributed by atoms with van der Waals surface area (Å²) >= 11 is 6.12. The van der Waals surface area contributed by atoms with Crippen LogP contribution in [0.3, 0.4) is 0 Å². The van der Waals surface area contributed by atoms with Crippen molar-refractivity contribution >= 4 is 33.3 Å². The van der Waals surface area contributed by atoms with Gasteiger partial charge in [0.1, 0.15) is 10.9 Å². The van der Waals surface area contributed by atoms with Crippen LogP contribution in [0.5, 0.6) is 0 Å². The summed E-state index contributed by atoms with van der Waals surface area (Å²) < 4.78 is 33.4. The molecule has 0 fully saturated rings. The maximum atomic E-state index is 13.4. The summed E-state index contributed by atoms with van der Waals surface area (Å²) in [6, 6.07) is 20.4. The first-order chi connectivity index (χ1) is 16.2. The molecule has 176 valence electrons. The minimum absolute atomic E-state index is 0.00683. The van der Waals surface area contributed by atoms with Crippen molar-refractivity contribution in [1.82, 2.24) is 0 Å². The van der Waals surface area contributed by atoms with Crippen molar-refractivity contribution in [2.75, 3.05) is 10.9 Å². The van der Waals surface area contributed by atoms with Crippen molar-refractivity contribution in [2.45, 2.75) is 30.9 Å². The highest BCUT2D eigenvalue weighted by molar-refractivity contribution is 7.93. The van der Waals surface area contributed by atoms with E-state index in [0.29, 0.717) is 24.2 Å². The highest BCUT2D eigenvalue weighted by Crippen LogP contribution is 2.31. The zero-order valence-electron chi connectivity index (χ0n) is 18.4. The molecular formula is C25H23ClN2O5S. The third kappa shape index (κ3) is 5.94. The van der Waals surface area contributed by atoms with Crippen LogP contribution in [-0.4, -0.2) is 32.1 Å². The smallest absolute Gasteiger partial charge is 0.327 e. The molecular weight excluding hydrogens is 476 g/mol. The number of anilines is 1. The third-order valence-corrected chi connectivity index (χ3v) is 7.53. The maximum absolute atomic E-state index is 13.4. The van der Waals surface area contributed by atoms with E-state index in [1.54, 1.807) is 36.4 Å². The predicted octanol–water partition coefficient (Wildman–Crippen LogP) is 4.64. The molecule has 3 rings (SSSR count). The number of ether oxygens (including phenoxy) is 1. The van der Waals surface area contributed by atoms with Crippen LogP contribution < -0.4 is 4.31 Å². The summed E-state index contributed by atoms with van der Waals surface area (Å²) in [5, 5.41) is 18.5. The number of halogens is 1. The number of carbonyl (C=O) groups is 1. The molecule has 0 radical (unpaired) electrons. The Morgan fingerprint density at radius 3 is 2.44 bits per heavy atom. The lowest BCUT2D eigenvalue weighted by molar-refractivity contribution is -0.137. The molecule has 0 heterocycles. The SMILES string of the molecule is CC(C(=O)O)N(c1cccc(COCCc2ccc(C#N)cc2)c1)S(=O)(=O)c1ccccc1Cl. The van der Waals surface area contributed by atoms with Crippen LogP contribution in [0.1, 0.15) is 23.6 Å². The van der Waals surface area contributed by atoms with Gasteiger partial charge >= 0.3 is 5.97 Å². The molecule has 1 unspecified atom stereocenters. The normalized spacial score (nSPS) is 12.0. The van der Waals surface area contributed by atoms with E-state index >= 15 is 0 Å². The molecule has 3 aromatic rings. The third-order valence-electron chi connectivity index (χ3n) is 5.13. The average Bonchev–Trinajstić information content (AvgIpc) is 2.82. The molecule has 0 bridgehead atoms. The average molecular weight is 499 g/mol. The highest BCUT2D eigenvalue weighted by atomic mass is 35.5. The molecule has 3 aromatic carbocycles. The number of nitrogens with zero attached hydrogens (tertiary/aromatic N) is 2. The second kappa shape index (κ2) is 11.2. The fourth-order valence-corrected chi connectivity index (χ4v) is 5.44. The van der Waals surface area contributed by atoms with Crippen LogP contribution >= 0.6 is 11.6 Å². The molecule has 7 nitrogen and oxygen atoms in total. The van der Waals surface area contributed by atoms with Gasteiger partial charge < -0.3 is 9.84 Å². The molecule has 0 spiro atoms. The lowest BCUT2D eigenvalue weighted by Gasteiger charge is -2.28. The van der Waals surface area contributed by atoms with Gasteiger partial charge in [-0.05, 0) is 60.9 Å². The zero-order valence-corrected chi connectivity index (χ0v) is 20.0.